The predicted octanol–water partition coefficient (Wildman–Crippen LogP) is 0.322. The Labute approximate surface area is 110 Å². The third-order valence-corrected chi connectivity index (χ3v) is 3.08. The minimum absolute atomic E-state index is 0.0163. The van der Waals surface area contributed by atoms with E-state index in [0.29, 0.717) is 0 Å². The molecule has 0 bridgehead atoms. The summed E-state index contributed by atoms with van der Waals surface area (Å²) in [7, 11) is 2.69. The van der Waals surface area contributed by atoms with Gasteiger partial charge in [0.05, 0.1) is 0 Å². The minimum atomic E-state index is -1.80. The van der Waals surface area contributed by atoms with Crippen molar-refractivity contribution in [1.29, 1.82) is 0 Å². The van der Waals surface area contributed by atoms with E-state index in [4.69, 9.17) is 4.74 Å². The summed E-state index contributed by atoms with van der Waals surface area (Å²) >= 11 is 0. The molecule has 6 nitrogen and oxygen atoms in total. The summed E-state index contributed by atoms with van der Waals surface area (Å²) in [5, 5.41) is 2.38. The van der Waals surface area contributed by atoms with Gasteiger partial charge in [-0.25, -0.2) is 9.69 Å². The van der Waals surface area contributed by atoms with Crippen LogP contribution in [0.5, 0.6) is 0 Å². The highest BCUT2D eigenvalue weighted by Crippen LogP contribution is 2.28. The number of carbonyl (C=O) groups is 3. The van der Waals surface area contributed by atoms with Gasteiger partial charge in [0.25, 0.3) is 17.4 Å². The molecule has 1 atom stereocenters. The highest BCUT2D eigenvalue weighted by atomic mass is 16.6. The molecule has 1 aromatic carbocycles. The van der Waals surface area contributed by atoms with Crippen LogP contribution in [0.15, 0.2) is 30.3 Å². The smallest absolute Gasteiger partial charge is 0.417 e. The van der Waals surface area contributed by atoms with Crippen molar-refractivity contribution in [3.05, 3.63) is 35.9 Å². The van der Waals surface area contributed by atoms with Gasteiger partial charge in [-0.05, 0) is 5.56 Å². The molecular weight excluding hydrogens is 248 g/mol. The van der Waals surface area contributed by atoms with Gasteiger partial charge in [0, 0.05) is 20.5 Å². The molecule has 19 heavy (non-hydrogen) atoms. The fraction of sp³-hybridized carbons (Fsp3) is 0.308. The van der Waals surface area contributed by atoms with Crippen molar-refractivity contribution in [2.45, 2.75) is 12.0 Å². The monoisotopic (exact) mass is 262 g/mol. The Morgan fingerprint density at radius 3 is 2.42 bits per heavy atom. The molecule has 1 N–H and O–H groups in total. The summed E-state index contributed by atoms with van der Waals surface area (Å²) in [6.07, 6.45) is -0.799. The zero-order valence-corrected chi connectivity index (χ0v) is 10.7. The second kappa shape index (κ2) is 4.72. The number of benzene rings is 1. The van der Waals surface area contributed by atoms with Gasteiger partial charge in [0.2, 0.25) is 0 Å². The van der Waals surface area contributed by atoms with Gasteiger partial charge < -0.3 is 10.1 Å². The number of rotatable bonds is 3. The quantitative estimate of drug-likeness (QED) is 0.796. The van der Waals surface area contributed by atoms with Crippen molar-refractivity contribution < 1.29 is 19.1 Å². The fourth-order valence-electron chi connectivity index (χ4n) is 2.04. The van der Waals surface area contributed by atoms with Crippen LogP contribution in [-0.4, -0.2) is 42.5 Å². The number of hydrogen-bond donors (Lipinski definition) is 1. The van der Waals surface area contributed by atoms with E-state index >= 15 is 0 Å². The number of ether oxygens (including phenoxy) is 1. The van der Waals surface area contributed by atoms with E-state index in [9.17, 15) is 14.4 Å². The van der Waals surface area contributed by atoms with E-state index in [-0.39, 0.29) is 6.42 Å². The molecule has 1 fully saturated rings. The Hall–Kier alpha value is -2.37. The molecule has 0 aromatic heterocycles. The molecule has 0 spiro atoms. The lowest BCUT2D eigenvalue weighted by Crippen LogP contribution is -2.53. The average molecular weight is 262 g/mol. The normalized spacial score (nSPS) is 22.3. The molecule has 3 amide bonds. The van der Waals surface area contributed by atoms with Gasteiger partial charge >= 0.3 is 6.09 Å². The van der Waals surface area contributed by atoms with Crippen molar-refractivity contribution in [3.63, 3.8) is 0 Å². The zero-order valence-electron chi connectivity index (χ0n) is 10.7. The summed E-state index contributed by atoms with van der Waals surface area (Å²) in [4.78, 5) is 36.5. The molecule has 1 aliphatic heterocycles. The Kier molecular flexibility index (Phi) is 3.25. The van der Waals surface area contributed by atoms with Gasteiger partial charge in [0.1, 0.15) is 0 Å². The summed E-state index contributed by atoms with van der Waals surface area (Å²) in [5.41, 5.74) is -1.07. The van der Waals surface area contributed by atoms with Crippen LogP contribution in [0.4, 0.5) is 4.79 Å². The minimum Gasteiger partial charge on any atom is -0.422 e. The third-order valence-electron chi connectivity index (χ3n) is 3.08. The molecule has 6 heteroatoms. The number of nitrogens with one attached hydrogen (secondary N) is 1. The number of cyclic esters (lactones) is 1. The van der Waals surface area contributed by atoms with Crippen molar-refractivity contribution >= 4 is 17.9 Å². The van der Waals surface area contributed by atoms with Crippen LogP contribution >= 0.6 is 0 Å². The standard InChI is InChI=1S/C13H14N2O4/c1-14-10(16)13(8-9-6-4-3-5-7-9)11(17)15(2)12(18)19-13/h3-7H,8H2,1-2H3,(H,14,16)/t13-/m1/s1. The number of likely N-dealkylation sites (N-methyl/N-ethyl adjacent to an activating group) is 2. The van der Waals surface area contributed by atoms with Crippen LogP contribution in [0, 0.1) is 0 Å². The third kappa shape index (κ3) is 2.05. The van der Waals surface area contributed by atoms with Crippen molar-refractivity contribution in [3.8, 4) is 0 Å². The maximum atomic E-state index is 12.2. The number of carbonyl (C=O) groups excluding carboxylic acids is 3. The van der Waals surface area contributed by atoms with Gasteiger partial charge in [-0.1, -0.05) is 30.3 Å². The summed E-state index contributed by atoms with van der Waals surface area (Å²) in [6.45, 7) is 0. The van der Waals surface area contributed by atoms with Crippen LogP contribution in [0.3, 0.4) is 0 Å². The lowest BCUT2D eigenvalue weighted by atomic mass is 9.92. The molecular formula is C13H14N2O4. The lowest BCUT2D eigenvalue weighted by molar-refractivity contribution is -0.148. The van der Waals surface area contributed by atoms with E-state index in [0.717, 1.165) is 10.5 Å². The highest BCUT2D eigenvalue weighted by molar-refractivity contribution is 6.16. The average Bonchev–Trinajstić information content (AvgIpc) is 2.64. The van der Waals surface area contributed by atoms with E-state index in [1.807, 2.05) is 6.07 Å². The SMILES string of the molecule is CNC(=O)[C@@]1(Cc2ccccc2)OC(=O)N(C)C1=O. The Balaban J connectivity index is 2.40. The first-order chi connectivity index (χ1) is 9.01. The van der Waals surface area contributed by atoms with Gasteiger partial charge in [0.15, 0.2) is 0 Å². The van der Waals surface area contributed by atoms with Crippen LogP contribution < -0.4 is 5.32 Å². The first kappa shape index (κ1) is 13.1. The molecule has 0 aliphatic carbocycles. The van der Waals surface area contributed by atoms with Crippen molar-refractivity contribution in [2.24, 2.45) is 0 Å². The summed E-state index contributed by atoms with van der Waals surface area (Å²) < 4.78 is 5.06. The van der Waals surface area contributed by atoms with Crippen LogP contribution in [0.25, 0.3) is 0 Å². The Bertz CT molecular complexity index is 529. The molecule has 1 aliphatic rings. The molecule has 2 rings (SSSR count). The lowest BCUT2D eigenvalue weighted by Gasteiger charge is -2.22. The molecule has 1 saturated heterocycles. The van der Waals surface area contributed by atoms with E-state index in [1.165, 1.54) is 14.1 Å². The van der Waals surface area contributed by atoms with Gasteiger partial charge in [-0.2, -0.15) is 0 Å². The summed E-state index contributed by atoms with van der Waals surface area (Å²) in [5.74, 6) is -1.28. The summed E-state index contributed by atoms with van der Waals surface area (Å²) in [6, 6.07) is 8.94. The fourth-order valence-corrected chi connectivity index (χ4v) is 2.04. The highest BCUT2D eigenvalue weighted by Gasteiger charge is 2.57. The molecule has 0 saturated carbocycles. The molecule has 1 aromatic rings. The van der Waals surface area contributed by atoms with Gasteiger partial charge in [-0.3, -0.25) is 9.59 Å². The number of amides is 3. The molecule has 0 unspecified atom stereocenters. The largest absolute Gasteiger partial charge is 0.422 e. The Morgan fingerprint density at radius 1 is 1.32 bits per heavy atom. The van der Waals surface area contributed by atoms with E-state index < -0.39 is 23.5 Å². The van der Waals surface area contributed by atoms with Crippen LogP contribution in [-0.2, 0) is 20.7 Å². The van der Waals surface area contributed by atoms with Crippen LogP contribution in [0.2, 0.25) is 0 Å². The number of nitrogens with zero attached hydrogens (tertiary/aromatic N) is 1. The number of hydrogen-bond acceptors (Lipinski definition) is 4. The van der Waals surface area contributed by atoms with Crippen molar-refractivity contribution in [1.82, 2.24) is 10.2 Å². The molecule has 1 heterocycles. The maximum Gasteiger partial charge on any atom is 0.417 e. The topological polar surface area (TPSA) is 75.7 Å². The number of imide groups is 1. The molecule has 0 radical (unpaired) electrons. The Morgan fingerprint density at radius 2 is 1.95 bits per heavy atom. The molecule has 100 valence electrons. The maximum absolute atomic E-state index is 12.2. The van der Waals surface area contributed by atoms with Crippen LogP contribution in [0.1, 0.15) is 5.56 Å². The first-order valence-electron chi connectivity index (χ1n) is 5.78. The first-order valence-corrected chi connectivity index (χ1v) is 5.78. The predicted molar refractivity (Wildman–Crippen MR) is 66.2 cm³/mol. The second-order valence-corrected chi connectivity index (χ2v) is 4.30. The van der Waals surface area contributed by atoms with E-state index in [2.05, 4.69) is 5.32 Å². The van der Waals surface area contributed by atoms with Crippen molar-refractivity contribution in [2.75, 3.05) is 14.1 Å². The van der Waals surface area contributed by atoms with Gasteiger partial charge in [-0.15, -0.1) is 0 Å². The van der Waals surface area contributed by atoms with E-state index in [1.54, 1.807) is 24.3 Å². The second-order valence-electron chi connectivity index (χ2n) is 4.30. The zero-order chi connectivity index (χ0) is 14.0.